The number of hydrogen-bond donors (Lipinski definition) is 1. The van der Waals surface area contributed by atoms with Gasteiger partial charge in [-0.25, -0.2) is 18.4 Å². The summed E-state index contributed by atoms with van der Waals surface area (Å²) >= 11 is 1.06. The molecule has 19 heavy (non-hydrogen) atoms. The van der Waals surface area contributed by atoms with E-state index in [2.05, 4.69) is 4.74 Å². The van der Waals surface area contributed by atoms with Crippen molar-refractivity contribution in [3.05, 3.63) is 42.0 Å². The number of methoxy groups -OCH3 is 1. The van der Waals surface area contributed by atoms with Crippen molar-refractivity contribution >= 4 is 27.3 Å². The zero-order valence-corrected chi connectivity index (χ0v) is 11.6. The minimum Gasteiger partial charge on any atom is -0.465 e. The number of hydrogen-bond acceptors (Lipinski definition) is 5. The van der Waals surface area contributed by atoms with Crippen molar-refractivity contribution in [2.75, 3.05) is 7.11 Å². The molecule has 100 valence electrons. The maximum atomic E-state index is 11.4. The summed E-state index contributed by atoms with van der Waals surface area (Å²) in [6, 6.07) is 9.86. The predicted octanol–water partition coefficient (Wildman–Crippen LogP) is 1.85. The summed E-state index contributed by atoms with van der Waals surface area (Å²) in [6.07, 6.45) is 0. The van der Waals surface area contributed by atoms with Crippen LogP contribution < -0.4 is 5.14 Å². The molecule has 0 bridgehead atoms. The van der Waals surface area contributed by atoms with E-state index in [-0.39, 0.29) is 4.21 Å². The zero-order valence-electron chi connectivity index (χ0n) is 9.99. The molecule has 1 heterocycles. The van der Waals surface area contributed by atoms with Gasteiger partial charge in [-0.3, -0.25) is 0 Å². The van der Waals surface area contributed by atoms with Crippen molar-refractivity contribution in [2.24, 2.45) is 5.14 Å². The number of benzene rings is 1. The summed E-state index contributed by atoms with van der Waals surface area (Å²) < 4.78 is 27.2. The normalized spacial score (nSPS) is 11.3. The number of carbonyl (C=O) groups excluding carboxylic acids is 1. The van der Waals surface area contributed by atoms with Gasteiger partial charge in [0.15, 0.2) is 0 Å². The first-order chi connectivity index (χ1) is 8.91. The third-order valence-electron chi connectivity index (χ3n) is 2.43. The lowest BCUT2D eigenvalue weighted by Crippen LogP contribution is -2.09. The first-order valence-corrected chi connectivity index (χ1v) is 7.59. The third-order valence-corrected chi connectivity index (χ3v) is 5.00. The van der Waals surface area contributed by atoms with E-state index in [1.54, 1.807) is 30.3 Å². The summed E-state index contributed by atoms with van der Waals surface area (Å²) in [6.45, 7) is 0. The fourth-order valence-electron chi connectivity index (χ4n) is 1.55. The van der Waals surface area contributed by atoms with Crippen LogP contribution >= 0.6 is 11.3 Å². The summed E-state index contributed by atoms with van der Waals surface area (Å²) in [4.78, 5) is 12.1. The second kappa shape index (κ2) is 5.12. The lowest BCUT2D eigenvalue weighted by atomic mass is 10.1. The van der Waals surface area contributed by atoms with Gasteiger partial charge in [-0.1, -0.05) is 12.1 Å². The van der Waals surface area contributed by atoms with Gasteiger partial charge in [0.25, 0.3) is 0 Å². The number of primary sulfonamides is 1. The number of esters is 1. The molecule has 0 saturated heterocycles. The molecule has 0 saturated carbocycles. The van der Waals surface area contributed by atoms with Gasteiger partial charge in [0.2, 0.25) is 10.0 Å². The second-order valence-corrected chi connectivity index (χ2v) is 6.61. The SMILES string of the molecule is COC(=O)c1cccc(-c2ccc(S(N)(=O)=O)s2)c1. The van der Waals surface area contributed by atoms with Crippen molar-refractivity contribution in [1.29, 1.82) is 0 Å². The summed E-state index contributed by atoms with van der Waals surface area (Å²) in [5.41, 5.74) is 1.15. The van der Waals surface area contributed by atoms with Crippen molar-refractivity contribution in [3.8, 4) is 10.4 Å². The molecular weight excluding hydrogens is 286 g/mol. The smallest absolute Gasteiger partial charge is 0.337 e. The van der Waals surface area contributed by atoms with E-state index in [0.29, 0.717) is 5.56 Å². The van der Waals surface area contributed by atoms with Crippen LogP contribution in [-0.2, 0) is 14.8 Å². The lowest BCUT2D eigenvalue weighted by molar-refractivity contribution is 0.0601. The summed E-state index contributed by atoms with van der Waals surface area (Å²) in [7, 11) is -2.39. The Morgan fingerprint density at radius 2 is 2.00 bits per heavy atom. The second-order valence-electron chi connectivity index (χ2n) is 3.74. The number of sulfonamides is 1. The first-order valence-electron chi connectivity index (χ1n) is 5.23. The Labute approximate surface area is 114 Å². The van der Waals surface area contributed by atoms with Crippen LogP contribution in [0.1, 0.15) is 10.4 Å². The maximum absolute atomic E-state index is 11.4. The molecule has 1 aromatic heterocycles. The summed E-state index contributed by atoms with van der Waals surface area (Å²) in [5.74, 6) is -0.440. The Morgan fingerprint density at radius 3 is 2.58 bits per heavy atom. The van der Waals surface area contributed by atoms with Crippen LogP contribution in [0.4, 0.5) is 0 Å². The molecule has 5 nitrogen and oxygen atoms in total. The van der Waals surface area contributed by atoms with E-state index in [0.717, 1.165) is 21.8 Å². The number of rotatable bonds is 3. The molecule has 0 aliphatic rings. The van der Waals surface area contributed by atoms with E-state index in [9.17, 15) is 13.2 Å². The molecule has 0 spiro atoms. The molecular formula is C12H11NO4S2. The van der Waals surface area contributed by atoms with Gasteiger partial charge in [0, 0.05) is 4.88 Å². The van der Waals surface area contributed by atoms with Crippen molar-refractivity contribution < 1.29 is 17.9 Å². The molecule has 0 amide bonds. The third kappa shape index (κ3) is 3.01. The van der Waals surface area contributed by atoms with Crippen LogP contribution in [0.25, 0.3) is 10.4 Å². The Kier molecular flexibility index (Phi) is 3.70. The van der Waals surface area contributed by atoms with E-state index < -0.39 is 16.0 Å². The van der Waals surface area contributed by atoms with E-state index in [1.165, 1.54) is 13.2 Å². The topological polar surface area (TPSA) is 86.5 Å². The van der Waals surface area contributed by atoms with Gasteiger partial charge in [-0.2, -0.15) is 0 Å². The van der Waals surface area contributed by atoms with E-state index in [1.807, 2.05) is 0 Å². The minimum absolute atomic E-state index is 0.0889. The molecule has 7 heteroatoms. The first kappa shape index (κ1) is 13.7. The maximum Gasteiger partial charge on any atom is 0.337 e. The van der Waals surface area contributed by atoms with Crippen LogP contribution in [0, 0.1) is 0 Å². The van der Waals surface area contributed by atoms with Crippen molar-refractivity contribution in [1.82, 2.24) is 0 Å². The van der Waals surface area contributed by atoms with E-state index >= 15 is 0 Å². The average molecular weight is 297 g/mol. The molecule has 1 aromatic carbocycles. The average Bonchev–Trinajstić information content (AvgIpc) is 2.87. The monoisotopic (exact) mass is 297 g/mol. The standard InChI is InChI=1S/C12H11NO4S2/c1-17-12(14)9-4-2-3-8(7-9)10-5-6-11(18-10)19(13,15)16/h2-7H,1H3,(H2,13,15,16). The lowest BCUT2D eigenvalue weighted by Gasteiger charge is -2.01. The highest BCUT2D eigenvalue weighted by molar-refractivity contribution is 7.91. The molecule has 0 unspecified atom stereocenters. The summed E-state index contributed by atoms with van der Waals surface area (Å²) in [5, 5.41) is 5.06. The van der Waals surface area contributed by atoms with E-state index in [4.69, 9.17) is 5.14 Å². The highest BCUT2D eigenvalue weighted by Crippen LogP contribution is 2.30. The molecule has 0 radical (unpaired) electrons. The molecule has 0 aliphatic carbocycles. The quantitative estimate of drug-likeness (QED) is 0.876. The molecule has 0 fully saturated rings. The van der Waals surface area contributed by atoms with Gasteiger partial charge in [0.05, 0.1) is 12.7 Å². The largest absolute Gasteiger partial charge is 0.465 e. The van der Waals surface area contributed by atoms with Crippen molar-refractivity contribution in [2.45, 2.75) is 4.21 Å². The Balaban J connectivity index is 2.42. The van der Waals surface area contributed by atoms with Crippen LogP contribution in [-0.4, -0.2) is 21.5 Å². The molecule has 0 atom stereocenters. The molecule has 2 rings (SSSR count). The number of nitrogens with two attached hydrogens (primary N) is 1. The van der Waals surface area contributed by atoms with Gasteiger partial charge < -0.3 is 4.74 Å². The zero-order chi connectivity index (χ0) is 14.0. The fourth-order valence-corrected chi connectivity index (χ4v) is 3.27. The number of carbonyl (C=O) groups is 1. The fraction of sp³-hybridized carbons (Fsp3) is 0.0833. The molecule has 2 aromatic rings. The Bertz CT molecular complexity index is 719. The van der Waals surface area contributed by atoms with Gasteiger partial charge >= 0.3 is 5.97 Å². The van der Waals surface area contributed by atoms with Crippen LogP contribution in [0.15, 0.2) is 40.6 Å². The predicted molar refractivity (Wildman–Crippen MR) is 72.5 cm³/mol. The van der Waals surface area contributed by atoms with Crippen LogP contribution in [0.5, 0.6) is 0 Å². The molecule has 2 N–H and O–H groups in total. The van der Waals surface area contributed by atoms with Gasteiger partial charge in [0.1, 0.15) is 4.21 Å². The van der Waals surface area contributed by atoms with Crippen molar-refractivity contribution in [3.63, 3.8) is 0 Å². The Hall–Kier alpha value is -1.70. The molecule has 0 aliphatic heterocycles. The van der Waals surface area contributed by atoms with Gasteiger partial charge in [-0.05, 0) is 29.8 Å². The number of ether oxygens (including phenoxy) is 1. The minimum atomic E-state index is -3.69. The number of thiophene rings is 1. The van der Waals surface area contributed by atoms with Crippen LogP contribution in [0.2, 0.25) is 0 Å². The highest BCUT2D eigenvalue weighted by Gasteiger charge is 2.13. The Morgan fingerprint density at radius 1 is 1.26 bits per heavy atom. The highest BCUT2D eigenvalue weighted by atomic mass is 32.2. The van der Waals surface area contributed by atoms with Crippen LogP contribution in [0.3, 0.4) is 0 Å². The van der Waals surface area contributed by atoms with Gasteiger partial charge in [-0.15, -0.1) is 11.3 Å².